The first kappa shape index (κ1) is 16.0. The van der Waals surface area contributed by atoms with E-state index in [0.29, 0.717) is 22.8 Å². The summed E-state index contributed by atoms with van der Waals surface area (Å²) in [5, 5.41) is 0.679. The van der Waals surface area contributed by atoms with Gasteiger partial charge < -0.3 is 4.74 Å². The maximum Gasteiger partial charge on any atom is 0.142 e. The van der Waals surface area contributed by atoms with E-state index in [-0.39, 0.29) is 11.1 Å². The van der Waals surface area contributed by atoms with Crippen LogP contribution in [0.2, 0.25) is 10.0 Å². The Morgan fingerprint density at radius 3 is 2.62 bits per heavy atom. The smallest absolute Gasteiger partial charge is 0.142 e. The van der Waals surface area contributed by atoms with E-state index in [4.69, 9.17) is 33.8 Å². The molecule has 0 aliphatic heterocycles. The third kappa shape index (κ3) is 3.86. The van der Waals surface area contributed by atoms with Crippen LogP contribution in [-0.4, -0.2) is 7.11 Å². The topological polar surface area (TPSA) is 47.3 Å². The van der Waals surface area contributed by atoms with Crippen molar-refractivity contribution in [1.82, 2.24) is 5.43 Å². The standard InChI is InChI=1S/C15H15Cl2FN2O/c1-21-15-5-3-11(16)6-10(15)8-14(20-19)9-2-4-12(17)13(18)7-9/h2-7,14,20H,8,19H2,1H3. The van der Waals surface area contributed by atoms with Gasteiger partial charge in [0.15, 0.2) is 0 Å². The van der Waals surface area contributed by atoms with Crippen molar-refractivity contribution in [2.75, 3.05) is 7.11 Å². The van der Waals surface area contributed by atoms with Gasteiger partial charge in [0.2, 0.25) is 0 Å². The molecule has 2 aromatic carbocycles. The van der Waals surface area contributed by atoms with Crippen molar-refractivity contribution in [3.8, 4) is 5.75 Å². The molecule has 0 radical (unpaired) electrons. The molecule has 2 aromatic rings. The van der Waals surface area contributed by atoms with Crippen molar-refractivity contribution >= 4 is 23.2 Å². The number of halogens is 3. The maximum atomic E-state index is 13.6. The number of rotatable bonds is 5. The second-order valence-electron chi connectivity index (χ2n) is 4.55. The Morgan fingerprint density at radius 1 is 1.24 bits per heavy atom. The molecule has 0 heterocycles. The first-order valence-electron chi connectivity index (χ1n) is 6.28. The Balaban J connectivity index is 2.30. The van der Waals surface area contributed by atoms with Crippen LogP contribution in [0, 0.1) is 5.82 Å². The normalized spacial score (nSPS) is 12.2. The van der Waals surface area contributed by atoms with Crippen LogP contribution in [0.25, 0.3) is 0 Å². The highest BCUT2D eigenvalue weighted by Crippen LogP contribution is 2.28. The highest BCUT2D eigenvalue weighted by molar-refractivity contribution is 6.31. The molecule has 0 saturated carbocycles. The Morgan fingerprint density at radius 2 is 2.00 bits per heavy atom. The van der Waals surface area contributed by atoms with Gasteiger partial charge >= 0.3 is 0 Å². The SMILES string of the molecule is COc1ccc(Cl)cc1CC(NN)c1ccc(Cl)c(F)c1. The number of methoxy groups -OCH3 is 1. The zero-order valence-corrected chi connectivity index (χ0v) is 12.9. The average Bonchev–Trinajstić information content (AvgIpc) is 2.48. The lowest BCUT2D eigenvalue weighted by Crippen LogP contribution is -2.29. The van der Waals surface area contributed by atoms with E-state index in [1.165, 1.54) is 12.1 Å². The summed E-state index contributed by atoms with van der Waals surface area (Å²) in [6.45, 7) is 0. The molecule has 21 heavy (non-hydrogen) atoms. The van der Waals surface area contributed by atoms with Crippen LogP contribution in [0.1, 0.15) is 17.2 Å². The summed E-state index contributed by atoms with van der Waals surface area (Å²) >= 11 is 11.7. The minimum absolute atomic E-state index is 0.0786. The molecular weight excluding hydrogens is 314 g/mol. The van der Waals surface area contributed by atoms with E-state index in [9.17, 15) is 4.39 Å². The minimum atomic E-state index is -0.479. The van der Waals surface area contributed by atoms with E-state index < -0.39 is 5.82 Å². The third-order valence-corrected chi connectivity index (χ3v) is 3.76. The zero-order chi connectivity index (χ0) is 15.4. The molecule has 0 aliphatic carbocycles. The second-order valence-corrected chi connectivity index (χ2v) is 5.40. The van der Waals surface area contributed by atoms with Gasteiger partial charge in [-0.3, -0.25) is 11.3 Å². The summed E-state index contributed by atoms with van der Waals surface area (Å²) in [6, 6.07) is 9.65. The minimum Gasteiger partial charge on any atom is -0.496 e. The van der Waals surface area contributed by atoms with Crippen molar-refractivity contribution in [3.63, 3.8) is 0 Å². The predicted molar refractivity (Wildman–Crippen MR) is 83.2 cm³/mol. The monoisotopic (exact) mass is 328 g/mol. The number of nitrogens with two attached hydrogens (primary N) is 1. The van der Waals surface area contributed by atoms with Crippen LogP contribution in [0.3, 0.4) is 0 Å². The second kappa shape index (κ2) is 7.09. The molecule has 0 aromatic heterocycles. The molecule has 3 nitrogen and oxygen atoms in total. The Hall–Kier alpha value is -1.33. The Bertz CT molecular complexity index is 637. The molecule has 0 fully saturated rings. The van der Waals surface area contributed by atoms with Gasteiger partial charge in [-0.25, -0.2) is 4.39 Å². The highest BCUT2D eigenvalue weighted by Gasteiger charge is 2.15. The van der Waals surface area contributed by atoms with Gasteiger partial charge in [-0.05, 0) is 47.9 Å². The molecule has 0 saturated heterocycles. The highest BCUT2D eigenvalue weighted by atomic mass is 35.5. The Kier molecular flexibility index (Phi) is 5.42. The maximum absolute atomic E-state index is 13.6. The predicted octanol–water partition coefficient (Wildman–Crippen LogP) is 3.89. The van der Waals surface area contributed by atoms with Crippen LogP contribution >= 0.6 is 23.2 Å². The largest absolute Gasteiger partial charge is 0.496 e. The van der Waals surface area contributed by atoms with Crippen LogP contribution in [0.4, 0.5) is 4.39 Å². The molecule has 1 unspecified atom stereocenters. The summed E-state index contributed by atoms with van der Waals surface area (Å²) in [6.07, 6.45) is 0.501. The first-order chi connectivity index (χ1) is 10.0. The van der Waals surface area contributed by atoms with Gasteiger partial charge in [0.05, 0.1) is 18.2 Å². The quantitative estimate of drug-likeness (QED) is 0.646. The average molecular weight is 329 g/mol. The van der Waals surface area contributed by atoms with E-state index in [2.05, 4.69) is 5.43 Å². The first-order valence-corrected chi connectivity index (χ1v) is 7.04. The van der Waals surface area contributed by atoms with Crippen LogP contribution in [0.5, 0.6) is 5.75 Å². The number of benzene rings is 2. The summed E-state index contributed by atoms with van der Waals surface area (Å²) in [5.74, 6) is 5.81. The Labute approximate surface area is 132 Å². The fourth-order valence-corrected chi connectivity index (χ4v) is 2.44. The van der Waals surface area contributed by atoms with Gasteiger partial charge in [-0.1, -0.05) is 29.3 Å². The van der Waals surface area contributed by atoms with Crippen molar-refractivity contribution in [1.29, 1.82) is 0 Å². The molecule has 1 atom stereocenters. The lowest BCUT2D eigenvalue weighted by atomic mass is 9.98. The van der Waals surface area contributed by atoms with E-state index in [1.54, 1.807) is 31.4 Å². The van der Waals surface area contributed by atoms with Gasteiger partial charge in [0.25, 0.3) is 0 Å². The summed E-state index contributed by atoms with van der Waals surface area (Å²) in [5.41, 5.74) is 4.25. The number of ether oxygens (including phenoxy) is 1. The van der Waals surface area contributed by atoms with E-state index >= 15 is 0 Å². The van der Waals surface area contributed by atoms with Crippen molar-refractivity contribution in [2.45, 2.75) is 12.5 Å². The molecular formula is C15H15Cl2FN2O. The van der Waals surface area contributed by atoms with Crippen molar-refractivity contribution in [2.24, 2.45) is 5.84 Å². The number of hydrogen-bond donors (Lipinski definition) is 2. The van der Waals surface area contributed by atoms with Crippen LogP contribution in [0.15, 0.2) is 36.4 Å². The molecule has 6 heteroatoms. The van der Waals surface area contributed by atoms with Gasteiger partial charge in [0, 0.05) is 5.02 Å². The fraction of sp³-hybridized carbons (Fsp3) is 0.200. The van der Waals surface area contributed by atoms with Crippen LogP contribution < -0.4 is 16.0 Å². The lowest BCUT2D eigenvalue weighted by Gasteiger charge is -2.18. The van der Waals surface area contributed by atoms with Crippen molar-refractivity contribution in [3.05, 3.63) is 63.4 Å². The summed E-state index contributed by atoms with van der Waals surface area (Å²) < 4.78 is 18.9. The fourth-order valence-electron chi connectivity index (χ4n) is 2.13. The van der Waals surface area contributed by atoms with E-state index in [0.717, 1.165) is 5.56 Å². The number of nitrogens with one attached hydrogen (secondary N) is 1. The van der Waals surface area contributed by atoms with Gasteiger partial charge in [-0.2, -0.15) is 0 Å². The molecule has 0 aliphatic rings. The number of hydrazine groups is 1. The summed E-state index contributed by atoms with van der Waals surface area (Å²) in [4.78, 5) is 0. The van der Waals surface area contributed by atoms with E-state index in [1.807, 2.05) is 0 Å². The number of hydrogen-bond acceptors (Lipinski definition) is 3. The molecule has 2 rings (SSSR count). The van der Waals surface area contributed by atoms with Crippen molar-refractivity contribution < 1.29 is 9.13 Å². The van der Waals surface area contributed by atoms with Gasteiger partial charge in [0.1, 0.15) is 11.6 Å². The lowest BCUT2D eigenvalue weighted by molar-refractivity contribution is 0.405. The molecule has 0 bridgehead atoms. The molecule has 0 amide bonds. The third-order valence-electron chi connectivity index (χ3n) is 3.21. The molecule has 112 valence electrons. The zero-order valence-electron chi connectivity index (χ0n) is 11.4. The molecule has 0 spiro atoms. The van der Waals surface area contributed by atoms with Gasteiger partial charge in [-0.15, -0.1) is 0 Å². The van der Waals surface area contributed by atoms with Crippen LogP contribution in [-0.2, 0) is 6.42 Å². The summed E-state index contributed by atoms with van der Waals surface area (Å²) in [7, 11) is 1.58. The molecule has 3 N–H and O–H groups in total.